The van der Waals surface area contributed by atoms with Gasteiger partial charge in [0.15, 0.2) is 0 Å². The summed E-state index contributed by atoms with van der Waals surface area (Å²) in [6.45, 7) is 6.31. The lowest BCUT2D eigenvalue weighted by atomic mass is 9.98. The molecule has 1 aromatic heterocycles. The first-order valence-electron chi connectivity index (χ1n) is 12.0. The molecule has 0 bridgehead atoms. The van der Waals surface area contributed by atoms with Gasteiger partial charge in [0.1, 0.15) is 5.69 Å². The van der Waals surface area contributed by atoms with Gasteiger partial charge in [-0.15, -0.1) is 0 Å². The van der Waals surface area contributed by atoms with Crippen LogP contribution in [0.25, 0.3) is 0 Å². The van der Waals surface area contributed by atoms with Gasteiger partial charge in [-0.2, -0.15) is 0 Å². The lowest BCUT2D eigenvalue weighted by Crippen LogP contribution is -2.45. The first-order valence-corrected chi connectivity index (χ1v) is 12.0. The number of nitro benzene ring substituents is 1. The molecule has 0 saturated heterocycles. The number of amides is 1. The summed E-state index contributed by atoms with van der Waals surface area (Å²) in [7, 11) is 0. The highest BCUT2D eigenvalue weighted by atomic mass is 16.6. The van der Waals surface area contributed by atoms with Gasteiger partial charge in [-0.1, -0.05) is 37.3 Å². The van der Waals surface area contributed by atoms with Crippen LogP contribution in [0, 0.1) is 10.1 Å². The van der Waals surface area contributed by atoms with Gasteiger partial charge in [-0.25, -0.2) is 0 Å². The number of nitrogens with one attached hydrogen (secondary N) is 2. The van der Waals surface area contributed by atoms with Crippen LogP contribution >= 0.6 is 0 Å². The van der Waals surface area contributed by atoms with Crippen molar-refractivity contribution in [1.82, 2.24) is 15.2 Å². The van der Waals surface area contributed by atoms with E-state index in [0.29, 0.717) is 12.2 Å². The fraction of sp³-hybridized carbons (Fsp3) is 0.333. The van der Waals surface area contributed by atoms with Gasteiger partial charge in [0.05, 0.1) is 16.7 Å². The molecule has 0 spiro atoms. The molecule has 182 valence electrons. The monoisotopic (exact) mass is 473 g/mol. The van der Waals surface area contributed by atoms with E-state index in [-0.39, 0.29) is 29.2 Å². The molecule has 1 aliphatic heterocycles. The van der Waals surface area contributed by atoms with Gasteiger partial charge in [0.25, 0.3) is 11.6 Å². The Kier molecular flexibility index (Phi) is 7.72. The molecule has 35 heavy (non-hydrogen) atoms. The topological polar surface area (TPSA) is 100 Å². The minimum absolute atomic E-state index is 0.139. The third kappa shape index (κ3) is 5.84. The molecule has 2 N–H and O–H groups in total. The molecule has 2 aromatic carbocycles. The Morgan fingerprint density at radius 1 is 1.14 bits per heavy atom. The fourth-order valence-corrected chi connectivity index (χ4v) is 4.56. The molecule has 4 rings (SSSR count). The zero-order valence-electron chi connectivity index (χ0n) is 20.1. The second kappa shape index (κ2) is 11.1. The number of anilines is 1. The number of benzene rings is 2. The van der Waals surface area contributed by atoms with Crippen LogP contribution in [0.5, 0.6) is 0 Å². The summed E-state index contributed by atoms with van der Waals surface area (Å²) in [5.74, 6) is -0.312. The number of aromatic nitrogens is 1. The zero-order valence-corrected chi connectivity index (χ0v) is 20.1. The van der Waals surface area contributed by atoms with Crippen molar-refractivity contribution in [3.8, 4) is 0 Å². The molecule has 0 saturated carbocycles. The third-order valence-electron chi connectivity index (χ3n) is 6.61. The third-order valence-corrected chi connectivity index (χ3v) is 6.61. The Morgan fingerprint density at radius 3 is 2.63 bits per heavy atom. The molecule has 0 fully saturated rings. The number of carbonyl (C=O) groups excluding carboxylic acids is 1. The summed E-state index contributed by atoms with van der Waals surface area (Å²) in [6.07, 6.45) is 3.58. The SMILES string of the molecule is CCC(CNC(=O)c1ccc(NC(C)c2ccccn2)c([N+](=O)[O-])c1)N1CCc2ccccc2C1. The van der Waals surface area contributed by atoms with Gasteiger partial charge in [0, 0.05) is 43.5 Å². The van der Waals surface area contributed by atoms with E-state index in [2.05, 4.69) is 51.7 Å². The van der Waals surface area contributed by atoms with Crippen LogP contribution in [0.2, 0.25) is 0 Å². The average molecular weight is 474 g/mol. The minimum atomic E-state index is -0.468. The standard InChI is InChI=1S/C27H31N5O3/c1-3-23(31-15-13-20-8-4-5-9-22(20)18-31)17-29-27(33)21-11-12-25(26(16-21)32(34)35)30-19(2)24-10-6-7-14-28-24/h4-12,14,16,19,23,30H,3,13,15,17-18H2,1-2H3,(H,29,33). The Balaban J connectivity index is 1.41. The number of rotatable bonds is 9. The van der Waals surface area contributed by atoms with Crippen molar-refractivity contribution >= 4 is 17.3 Å². The summed E-state index contributed by atoms with van der Waals surface area (Å²) in [4.78, 5) is 30.9. The van der Waals surface area contributed by atoms with Gasteiger partial charge in [-0.05, 0) is 55.2 Å². The molecule has 8 nitrogen and oxygen atoms in total. The Morgan fingerprint density at radius 2 is 1.91 bits per heavy atom. The maximum atomic E-state index is 12.9. The summed E-state index contributed by atoms with van der Waals surface area (Å²) in [5, 5.41) is 17.9. The molecular weight excluding hydrogens is 442 g/mol. The van der Waals surface area contributed by atoms with Crippen molar-refractivity contribution in [2.24, 2.45) is 0 Å². The smallest absolute Gasteiger partial charge is 0.293 e. The number of hydrogen-bond donors (Lipinski definition) is 2. The minimum Gasteiger partial charge on any atom is -0.371 e. The fourth-order valence-electron chi connectivity index (χ4n) is 4.56. The molecule has 2 atom stereocenters. The van der Waals surface area contributed by atoms with Crippen molar-refractivity contribution < 1.29 is 9.72 Å². The highest BCUT2D eigenvalue weighted by Gasteiger charge is 2.24. The quantitative estimate of drug-likeness (QED) is 0.344. The largest absolute Gasteiger partial charge is 0.371 e. The van der Waals surface area contributed by atoms with E-state index < -0.39 is 4.92 Å². The number of nitrogens with zero attached hydrogens (tertiary/aromatic N) is 3. The zero-order chi connectivity index (χ0) is 24.8. The maximum Gasteiger partial charge on any atom is 0.293 e. The first kappa shape index (κ1) is 24.3. The summed E-state index contributed by atoms with van der Waals surface area (Å²) in [5.41, 5.74) is 3.98. The number of carbonyl (C=O) groups is 1. The maximum absolute atomic E-state index is 12.9. The molecule has 1 aliphatic rings. The summed E-state index contributed by atoms with van der Waals surface area (Å²) >= 11 is 0. The van der Waals surface area contributed by atoms with Crippen molar-refractivity contribution in [2.75, 3.05) is 18.4 Å². The van der Waals surface area contributed by atoms with Crippen LogP contribution in [0.3, 0.4) is 0 Å². The van der Waals surface area contributed by atoms with Gasteiger partial charge in [-0.3, -0.25) is 24.8 Å². The molecular formula is C27H31N5O3. The highest BCUT2D eigenvalue weighted by molar-refractivity contribution is 5.95. The Bertz CT molecular complexity index is 1180. The van der Waals surface area contributed by atoms with Gasteiger partial charge in [0.2, 0.25) is 0 Å². The summed E-state index contributed by atoms with van der Waals surface area (Å²) < 4.78 is 0. The lowest BCUT2D eigenvalue weighted by Gasteiger charge is -2.35. The Hall–Kier alpha value is -3.78. The highest BCUT2D eigenvalue weighted by Crippen LogP contribution is 2.29. The van der Waals surface area contributed by atoms with Crippen molar-refractivity contribution in [2.45, 2.75) is 45.3 Å². The predicted octanol–water partition coefficient (Wildman–Crippen LogP) is 4.73. The molecule has 8 heteroatoms. The van der Waals surface area contributed by atoms with Crippen molar-refractivity contribution in [3.05, 3.63) is 99.4 Å². The van der Waals surface area contributed by atoms with Crippen LogP contribution in [0.1, 0.15) is 53.5 Å². The number of nitro groups is 1. The van der Waals surface area contributed by atoms with Crippen LogP contribution in [-0.4, -0.2) is 39.8 Å². The van der Waals surface area contributed by atoms with Gasteiger partial charge < -0.3 is 10.6 Å². The van der Waals surface area contributed by atoms with Crippen LogP contribution in [0.15, 0.2) is 66.9 Å². The molecule has 0 radical (unpaired) electrons. The molecule has 0 aliphatic carbocycles. The van der Waals surface area contributed by atoms with E-state index in [4.69, 9.17) is 0 Å². The van der Waals surface area contributed by atoms with E-state index >= 15 is 0 Å². The number of hydrogen-bond acceptors (Lipinski definition) is 6. The van der Waals surface area contributed by atoms with Crippen LogP contribution in [0.4, 0.5) is 11.4 Å². The predicted molar refractivity (Wildman–Crippen MR) is 136 cm³/mol. The first-order chi connectivity index (χ1) is 17.0. The number of pyridine rings is 1. The van der Waals surface area contributed by atoms with E-state index in [9.17, 15) is 14.9 Å². The van der Waals surface area contributed by atoms with Gasteiger partial charge >= 0.3 is 0 Å². The number of fused-ring (bicyclic) bond motifs is 1. The average Bonchev–Trinajstić information content (AvgIpc) is 2.89. The molecule has 1 amide bonds. The summed E-state index contributed by atoms with van der Waals surface area (Å²) in [6, 6.07) is 18.5. The second-order valence-electron chi connectivity index (χ2n) is 8.87. The van der Waals surface area contributed by atoms with Crippen LogP contribution in [-0.2, 0) is 13.0 Å². The van der Waals surface area contributed by atoms with Crippen molar-refractivity contribution in [3.63, 3.8) is 0 Å². The van der Waals surface area contributed by atoms with E-state index in [1.807, 2.05) is 25.1 Å². The van der Waals surface area contributed by atoms with E-state index in [0.717, 1.165) is 31.6 Å². The van der Waals surface area contributed by atoms with E-state index in [1.54, 1.807) is 18.3 Å². The second-order valence-corrected chi connectivity index (χ2v) is 8.87. The molecule has 2 unspecified atom stereocenters. The van der Waals surface area contributed by atoms with Crippen LogP contribution < -0.4 is 10.6 Å². The molecule has 2 heterocycles. The van der Waals surface area contributed by atoms with E-state index in [1.165, 1.54) is 17.2 Å². The Labute approximate surface area is 205 Å². The van der Waals surface area contributed by atoms with Crippen molar-refractivity contribution in [1.29, 1.82) is 0 Å². The lowest BCUT2D eigenvalue weighted by molar-refractivity contribution is -0.384. The molecule has 3 aromatic rings. The normalized spacial score (nSPS) is 15.0.